The molecule has 0 N–H and O–H groups in total. The SMILES string of the molecule is C.C/C=C\C.CC1CC1C.CC1OC1C. The summed E-state index contributed by atoms with van der Waals surface area (Å²) in [6.07, 6.45) is 6.57. The molecule has 1 nitrogen and oxygen atoms in total. The van der Waals surface area contributed by atoms with Gasteiger partial charge in [0.05, 0.1) is 12.2 Å². The van der Waals surface area contributed by atoms with Gasteiger partial charge in [-0.15, -0.1) is 0 Å². The van der Waals surface area contributed by atoms with E-state index < -0.39 is 0 Å². The fourth-order valence-electron chi connectivity index (χ4n) is 0.801. The Morgan fingerprint density at radius 2 is 1.07 bits per heavy atom. The Balaban J connectivity index is 0. The number of epoxide rings is 1. The lowest BCUT2D eigenvalue weighted by atomic mass is 10.4. The molecule has 1 aliphatic heterocycles. The summed E-state index contributed by atoms with van der Waals surface area (Å²) < 4.78 is 4.92. The van der Waals surface area contributed by atoms with Gasteiger partial charge in [-0.2, -0.15) is 0 Å². The highest BCUT2D eigenvalue weighted by molar-refractivity contribution is 4.76. The zero-order valence-electron chi connectivity index (χ0n) is 10.6. The topological polar surface area (TPSA) is 12.5 Å². The molecule has 2 aliphatic rings. The van der Waals surface area contributed by atoms with Crippen molar-refractivity contribution >= 4 is 0 Å². The normalized spacial score (nSPS) is 35.3. The van der Waals surface area contributed by atoms with Gasteiger partial charge in [0.25, 0.3) is 0 Å². The predicted molar refractivity (Wildman–Crippen MR) is 70.2 cm³/mol. The van der Waals surface area contributed by atoms with E-state index in [0.29, 0.717) is 12.2 Å². The van der Waals surface area contributed by atoms with Crippen LogP contribution in [0.25, 0.3) is 0 Å². The minimum atomic E-state index is 0. The van der Waals surface area contributed by atoms with Gasteiger partial charge >= 0.3 is 0 Å². The molecule has 4 unspecified atom stereocenters. The van der Waals surface area contributed by atoms with Gasteiger partial charge in [-0.3, -0.25) is 0 Å². The monoisotopic (exact) mass is 214 g/mol. The molecule has 1 heterocycles. The first-order valence-corrected chi connectivity index (χ1v) is 5.75. The van der Waals surface area contributed by atoms with Gasteiger partial charge < -0.3 is 4.74 Å². The van der Waals surface area contributed by atoms with Crippen LogP contribution in [0.15, 0.2) is 12.2 Å². The Morgan fingerprint density at radius 1 is 0.867 bits per heavy atom. The third-order valence-corrected chi connectivity index (χ3v) is 2.86. The maximum absolute atomic E-state index is 4.92. The van der Waals surface area contributed by atoms with Gasteiger partial charge in [0.15, 0.2) is 0 Å². The lowest BCUT2D eigenvalue weighted by Gasteiger charge is -1.66. The third kappa shape index (κ3) is 11.6. The molecule has 0 aromatic rings. The van der Waals surface area contributed by atoms with Crippen LogP contribution in [-0.2, 0) is 4.74 Å². The Labute approximate surface area is 96.9 Å². The average molecular weight is 214 g/mol. The molecular weight excluding hydrogens is 184 g/mol. The summed E-state index contributed by atoms with van der Waals surface area (Å²) in [5, 5.41) is 0. The van der Waals surface area contributed by atoms with Crippen LogP contribution in [0.5, 0.6) is 0 Å². The van der Waals surface area contributed by atoms with E-state index in [4.69, 9.17) is 4.74 Å². The fraction of sp³-hybridized carbons (Fsp3) is 0.857. The molecule has 0 aromatic carbocycles. The van der Waals surface area contributed by atoms with Crippen LogP contribution in [0.3, 0.4) is 0 Å². The van der Waals surface area contributed by atoms with Crippen LogP contribution in [0.1, 0.15) is 55.4 Å². The molecule has 4 atom stereocenters. The van der Waals surface area contributed by atoms with E-state index in [0.717, 1.165) is 11.8 Å². The van der Waals surface area contributed by atoms with Gasteiger partial charge in [0.1, 0.15) is 0 Å². The molecule has 2 rings (SSSR count). The van der Waals surface area contributed by atoms with Gasteiger partial charge in [-0.1, -0.05) is 33.4 Å². The summed E-state index contributed by atoms with van der Waals surface area (Å²) in [6, 6.07) is 0. The van der Waals surface area contributed by atoms with Gasteiger partial charge in [-0.25, -0.2) is 0 Å². The van der Waals surface area contributed by atoms with Crippen LogP contribution >= 0.6 is 0 Å². The lowest BCUT2D eigenvalue weighted by Crippen LogP contribution is -1.74. The fourth-order valence-corrected chi connectivity index (χ4v) is 0.801. The summed E-state index contributed by atoms with van der Waals surface area (Å²) in [6.45, 7) is 12.7. The molecule has 0 amide bonds. The molecule has 0 bridgehead atoms. The van der Waals surface area contributed by atoms with Crippen LogP contribution in [0.2, 0.25) is 0 Å². The highest BCUT2D eigenvalue weighted by Crippen LogP contribution is 2.36. The second kappa shape index (κ2) is 8.96. The molecule has 92 valence electrons. The van der Waals surface area contributed by atoms with Crippen molar-refractivity contribution in [2.24, 2.45) is 11.8 Å². The average Bonchev–Trinajstić information content (AvgIpc) is 2.99. The Kier molecular flexibility index (Phi) is 10.2. The smallest absolute Gasteiger partial charge is 0.0811 e. The molecule has 2 fully saturated rings. The number of allylic oxidation sites excluding steroid dienone is 2. The number of rotatable bonds is 0. The molecule has 15 heavy (non-hydrogen) atoms. The van der Waals surface area contributed by atoms with Gasteiger partial charge in [0.2, 0.25) is 0 Å². The lowest BCUT2D eigenvalue weighted by molar-refractivity contribution is 0.389. The second-order valence-electron chi connectivity index (χ2n) is 4.40. The molecule has 1 heteroatoms. The molecule has 1 aliphatic carbocycles. The highest BCUT2D eigenvalue weighted by atomic mass is 16.6. The molecule has 0 spiro atoms. The summed E-state index contributed by atoms with van der Waals surface area (Å²) in [5.74, 6) is 2.10. The van der Waals surface area contributed by atoms with E-state index in [1.807, 2.05) is 26.0 Å². The molecule has 0 radical (unpaired) electrons. The van der Waals surface area contributed by atoms with Crippen molar-refractivity contribution in [3.8, 4) is 0 Å². The molecular formula is C14H30O. The van der Waals surface area contributed by atoms with E-state index in [-0.39, 0.29) is 7.43 Å². The van der Waals surface area contributed by atoms with Crippen LogP contribution in [-0.4, -0.2) is 12.2 Å². The maximum atomic E-state index is 4.92. The maximum Gasteiger partial charge on any atom is 0.0811 e. The summed E-state index contributed by atoms with van der Waals surface area (Å²) in [4.78, 5) is 0. The zero-order chi connectivity index (χ0) is 11.1. The van der Waals surface area contributed by atoms with Gasteiger partial charge in [-0.05, 0) is 46.0 Å². The zero-order valence-corrected chi connectivity index (χ0v) is 10.6. The summed E-state index contributed by atoms with van der Waals surface area (Å²) >= 11 is 0. The van der Waals surface area contributed by atoms with Crippen molar-refractivity contribution in [2.45, 2.75) is 67.6 Å². The van der Waals surface area contributed by atoms with E-state index >= 15 is 0 Å². The van der Waals surface area contributed by atoms with Crippen molar-refractivity contribution in [2.75, 3.05) is 0 Å². The Hall–Kier alpha value is -0.300. The molecule has 1 saturated carbocycles. The second-order valence-corrected chi connectivity index (χ2v) is 4.40. The number of hydrogen-bond acceptors (Lipinski definition) is 1. The standard InChI is InChI=1S/C5H10.C4H8O.C4H8.CH4/c1-4-3-5(4)2;1-3-4(2)5-3;1-3-4-2;/h4-5H,3H2,1-2H3;3-4H,1-2H3;3-4H,1-2H3;1H4/b;;4-3-;. The van der Waals surface area contributed by atoms with Crippen LogP contribution in [0.4, 0.5) is 0 Å². The van der Waals surface area contributed by atoms with Gasteiger partial charge in [0, 0.05) is 0 Å². The van der Waals surface area contributed by atoms with Crippen LogP contribution in [0, 0.1) is 11.8 Å². The third-order valence-electron chi connectivity index (χ3n) is 2.86. The predicted octanol–water partition coefficient (Wildman–Crippen LogP) is 4.67. The first kappa shape index (κ1) is 17.1. The van der Waals surface area contributed by atoms with Crippen LogP contribution < -0.4 is 0 Å². The van der Waals surface area contributed by atoms with Crippen molar-refractivity contribution in [3.63, 3.8) is 0 Å². The first-order valence-electron chi connectivity index (χ1n) is 5.75. The number of ether oxygens (including phenoxy) is 1. The Bertz CT molecular complexity index is 133. The highest BCUT2D eigenvalue weighted by Gasteiger charge is 2.27. The van der Waals surface area contributed by atoms with E-state index in [1.54, 1.807) is 0 Å². The first-order chi connectivity index (χ1) is 6.52. The van der Waals surface area contributed by atoms with E-state index in [2.05, 4.69) is 27.7 Å². The van der Waals surface area contributed by atoms with E-state index in [1.165, 1.54) is 6.42 Å². The quantitative estimate of drug-likeness (QED) is 0.421. The summed E-state index contributed by atoms with van der Waals surface area (Å²) in [7, 11) is 0. The summed E-state index contributed by atoms with van der Waals surface area (Å²) in [5.41, 5.74) is 0. The Morgan fingerprint density at radius 3 is 1.07 bits per heavy atom. The van der Waals surface area contributed by atoms with E-state index in [9.17, 15) is 0 Å². The van der Waals surface area contributed by atoms with Crippen molar-refractivity contribution in [1.82, 2.24) is 0 Å². The van der Waals surface area contributed by atoms with Crippen molar-refractivity contribution in [3.05, 3.63) is 12.2 Å². The molecule has 1 saturated heterocycles. The van der Waals surface area contributed by atoms with Crippen molar-refractivity contribution in [1.29, 1.82) is 0 Å². The minimum Gasteiger partial charge on any atom is -0.370 e. The molecule has 0 aromatic heterocycles. The number of hydrogen-bond donors (Lipinski definition) is 0. The minimum absolute atomic E-state index is 0. The van der Waals surface area contributed by atoms with Crippen molar-refractivity contribution < 1.29 is 4.74 Å². The largest absolute Gasteiger partial charge is 0.370 e.